The van der Waals surface area contributed by atoms with Crippen LogP contribution in [0.25, 0.3) is 0 Å². The Hall–Kier alpha value is -2.58. The number of methoxy groups -OCH3 is 1. The molecule has 0 aliphatic heterocycles. The van der Waals surface area contributed by atoms with Gasteiger partial charge in [-0.25, -0.2) is 14.4 Å². The number of esters is 1. The third kappa shape index (κ3) is 10.5. The van der Waals surface area contributed by atoms with Crippen molar-refractivity contribution in [2.45, 2.75) is 71.6 Å². The van der Waals surface area contributed by atoms with Gasteiger partial charge in [0.15, 0.2) is 0 Å². The summed E-state index contributed by atoms with van der Waals surface area (Å²) < 4.78 is 15.3. The van der Waals surface area contributed by atoms with Crippen LogP contribution in [0.4, 0.5) is 9.59 Å². The number of likely N-dealkylation sites (N-methyl/N-ethyl adjacent to an activating group) is 1. The fraction of sp³-hybridized carbons (Fsp3) is 0.700. The van der Waals surface area contributed by atoms with Gasteiger partial charge < -0.3 is 19.1 Å². The van der Waals surface area contributed by atoms with Gasteiger partial charge in [-0.15, -0.1) is 0 Å². The number of carbonyl (C=O) groups excluding carboxylic acids is 4. The number of hydrogen-bond acceptors (Lipinski definition) is 7. The lowest BCUT2D eigenvalue weighted by molar-refractivity contribution is -0.160. The molecule has 9 nitrogen and oxygen atoms in total. The summed E-state index contributed by atoms with van der Waals surface area (Å²) in [6.45, 7) is 9.93. The Bertz CT molecular complexity index is 628. The molecule has 0 saturated carbocycles. The summed E-state index contributed by atoms with van der Waals surface area (Å²) in [7, 11) is 4.32. The van der Waals surface area contributed by atoms with Gasteiger partial charge in [-0.05, 0) is 60.5 Å². The molecule has 3 amide bonds. The molecule has 0 saturated heterocycles. The van der Waals surface area contributed by atoms with E-state index in [4.69, 9.17) is 9.47 Å². The van der Waals surface area contributed by atoms with Crippen LogP contribution in [0.15, 0.2) is 12.2 Å². The van der Waals surface area contributed by atoms with E-state index in [0.29, 0.717) is 4.90 Å². The standard InChI is InChI=1S/C20H34N2O7/c1-19(2,3)28-16(24)14(12-10-11-13-15(23)21(7)8)22(17(25)27-9)18(26)29-20(4,5)6/h11,13-14H,10,12H2,1-9H3/b13-11+. The van der Waals surface area contributed by atoms with Crippen LogP contribution in [0.5, 0.6) is 0 Å². The highest BCUT2D eigenvalue weighted by Gasteiger charge is 2.40. The van der Waals surface area contributed by atoms with Gasteiger partial charge in [0.05, 0.1) is 7.11 Å². The summed E-state index contributed by atoms with van der Waals surface area (Å²) in [5.41, 5.74) is -1.72. The maximum absolute atomic E-state index is 12.7. The first-order chi connectivity index (χ1) is 13.1. The molecular weight excluding hydrogens is 380 g/mol. The van der Waals surface area contributed by atoms with E-state index >= 15 is 0 Å². The lowest BCUT2D eigenvalue weighted by Crippen LogP contribution is -2.51. The first-order valence-corrected chi connectivity index (χ1v) is 9.30. The van der Waals surface area contributed by atoms with Gasteiger partial charge in [-0.1, -0.05) is 6.08 Å². The van der Waals surface area contributed by atoms with Gasteiger partial charge in [-0.2, -0.15) is 4.90 Å². The SMILES string of the molecule is COC(=O)N(C(=O)OC(C)(C)C)C(CC/C=C/C(=O)N(C)C)C(=O)OC(C)(C)C. The second kappa shape index (κ2) is 10.8. The van der Waals surface area contributed by atoms with E-state index in [2.05, 4.69) is 4.74 Å². The number of rotatable bonds is 6. The predicted octanol–water partition coefficient (Wildman–Crippen LogP) is 3.12. The van der Waals surface area contributed by atoms with Gasteiger partial charge in [0.1, 0.15) is 17.2 Å². The van der Waals surface area contributed by atoms with Crippen molar-refractivity contribution in [2.75, 3.05) is 21.2 Å². The topological polar surface area (TPSA) is 102 Å². The number of carbonyl (C=O) groups is 4. The highest BCUT2D eigenvalue weighted by atomic mass is 16.6. The molecular formula is C20H34N2O7. The number of ether oxygens (including phenoxy) is 3. The number of nitrogens with zero attached hydrogens (tertiary/aromatic N) is 2. The third-order valence-corrected chi connectivity index (χ3v) is 3.26. The maximum Gasteiger partial charge on any atom is 0.420 e. The smallest absolute Gasteiger partial charge is 0.420 e. The Morgan fingerprint density at radius 1 is 0.897 bits per heavy atom. The Labute approximate surface area is 172 Å². The fourth-order valence-corrected chi connectivity index (χ4v) is 2.05. The van der Waals surface area contributed by atoms with Crippen molar-refractivity contribution in [2.24, 2.45) is 0 Å². The molecule has 9 heteroatoms. The number of hydrogen-bond donors (Lipinski definition) is 0. The summed E-state index contributed by atoms with van der Waals surface area (Å²) >= 11 is 0. The molecule has 29 heavy (non-hydrogen) atoms. The molecule has 0 heterocycles. The van der Waals surface area contributed by atoms with Crippen molar-refractivity contribution in [1.29, 1.82) is 0 Å². The number of imide groups is 1. The largest absolute Gasteiger partial charge is 0.458 e. The van der Waals surface area contributed by atoms with E-state index in [9.17, 15) is 19.2 Å². The quantitative estimate of drug-likeness (QED) is 0.374. The highest BCUT2D eigenvalue weighted by Crippen LogP contribution is 2.20. The van der Waals surface area contributed by atoms with Crippen LogP contribution >= 0.6 is 0 Å². The van der Waals surface area contributed by atoms with Gasteiger partial charge in [-0.3, -0.25) is 4.79 Å². The molecule has 166 valence electrons. The first kappa shape index (κ1) is 26.4. The van der Waals surface area contributed by atoms with E-state index in [-0.39, 0.29) is 18.7 Å². The second-order valence-corrected chi connectivity index (χ2v) is 8.58. The van der Waals surface area contributed by atoms with E-state index < -0.39 is 35.4 Å². The van der Waals surface area contributed by atoms with Crippen molar-refractivity contribution in [3.63, 3.8) is 0 Å². The minimum atomic E-state index is -1.28. The average molecular weight is 414 g/mol. The molecule has 0 aliphatic carbocycles. The average Bonchev–Trinajstić information content (AvgIpc) is 2.53. The molecule has 0 spiro atoms. The predicted molar refractivity (Wildman–Crippen MR) is 107 cm³/mol. The van der Waals surface area contributed by atoms with Crippen molar-refractivity contribution >= 4 is 24.1 Å². The van der Waals surface area contributed by atoms with E-state index in [0.717, 1.165) is 7.11 Å². The Kier molecular flexibility index (Phi) is 9.86. The molecule has 0 aromatic carbocycles. The zero-order chi connectivity index (χ0) is 23.0. The summed E-state index contributed by atoms with van der Waals surface area (Å²) in [6.07, 6.45) is 1.11. The van der Waals surface area contributed by atoms with Gasteiger partial charge >= 0.3 is 18.2 Å². The minimum Gasteiger partial charge on any atom is -0.458 e. The first-order valence-electron chi connectivity index (χ1n) is 9.30. The summed E-state index contributed by atoms with van der Waals surface area (Å²) in [5, 5.41) is 0. The molecule has 0 aromatic rings. The van der Waals surface area contributed by atoms with Gasteiger partial charge in [0.25, 0.3) is 0 Å². The maximum atomic E-state index is 12.7. The zero-order valence-corrected chi connectivity index (χ0v) is 18.9. The normalized spacial score (nSPS) is 12.9. The minimum absolute atomic E-state index is 0.0282. The molecule has 0 radical (unpaired) electrons. The Balaban J connectivity index is 5.73. The van der Waals surface area contributed by atoms with Gasteiger partial charge in [0.2, 0.25) is 5.91 Å². The van der Waals surface area contributed by atoms with Crippen LogP contribution in [0.1, 0.15) is 54.4 Å². The Morgan fingerprint density at radius 2 is 1.41 bits per heavy atom. The molecule has 0 aromatic heterocycles. The van der Waals surface area contributed by atoms with Gasteiger partial charge in [0, 0.05) is 14.1 Å². The molecule has 1 atom stereocenters. The molecule has 1 unspecified atom stereocenters. The lowest BCUT2D eigenvalue weighted by atomic mass is 10.1. The van der Waals surface area contributed by atoms with Crippen LogP contribution in [0.2, 0.25) is 0 Å². The van der Waals surface area contributed by atoms with Crippen LogP contribution in [-0.2, 0) is 23.8 Å². The summed E-state index contributed by atoms with van der Waals surface area (Å²) in [6, 6.07) is -1.28. The van der Waals surface area contributed by atoms with Crippen molar-refractivity contribution < 1.29 is 33.4 Å². The van der Waals surface area contributed by atoms with Crippen LogP contribution in [-0.4, -0.2) is 72.3 Å². The van der Waals surface area contributed by atoms with Crippen molar-refractivity contribution in [3.05, 3.63) is 12.2 Å². The van der Waals surface area contributed by atoms with Crippen LogP contribution < -0.4 is 0 Å². The summed E-state index contributed by atoms with van der Waals surface area (Å²) in [4.78, 5) is 51.3. The lowest BCUT2D eigenvalue weighted by Gasteiger charge is -2.31. The number of allylic oxidation sites excluding steroid dienone is 1. The van der Waals surface area contributed by atoms with E-state index in [1.54, 1.807) is 61.7 Å². The van der Waals surface area contributed by atoms with Crippen LogP contribution in [0.3, 0.4) is 0 Å². The fourth-order valence-electron chi connectivity index (χ4n) is 2.05. The molecule has 0 aliphatic rings. The Morgan fingerprint density at radius 3 is 1.83 bits per heavy atom. The van der Waals surface area contributed by atoms with Crippen molar-refractivity contribution in [1.82, 2.24) is 9.80 Å². The zero-order valence-electron chi connectivity index (χ0n) is 18.9. The molecule has 0 N–H and O–H groups in total. The molecule has 0 rings (SSSR count). The monoisotopic (exact) mass is 414 g/mol. The summed E-state index contributed by atoms with van der Waals surface area (Å²) in [5.74, 6) is -1.00. The van der Waals surface area contributed by atoms with Crippen LogP contribution in [0, 0.1) is 0 Å². The van der Waals surface area contributed by atoms with Crippen molar-refractivity contribution in [3.8, 4) is 0 Å². The molecule has 0 bridgehead atoms. The second-order valence-electron chi connectivity index (χ2n) is 8.58. The van der Waals surface area contributed by atoms with E-state index in [1.807, 2.05) is 0 Å². The third-order valence-electron chi connectivity index (χ3n) is 3.26. The van der Waals surface area contributed by atoms with E-state index in [1.165, 1.54) is 11.0 Å². The highest BCUT2D eigenvalue weighted by molar-refractivity contribution is 5.94. The number of amides is 3. The molecule has 0 fully saturated rings.